The summed E-state index contributed by atoms with van der Waals surface area (Å²) in [5.74, 6) is 1.05. The number of aromatic nitrogens is 3. The van der Waals surface area contributed by atoms with Gasteiger partial charge in [-0.1, -0.05) is 6.07 Å². The van der Waals surface area contributed by atoms with Crippen LogP contribution in [0.5, 0.6) is 0 Å². The molecule has 2 heterocycles. The van der Waals surface area contributed by atoms with E-state index in [1.165, 1.54) is 10.9 Å². The fourth-order valence-electron chi connectivity index (χ4n) is 2.25. The second-order valence-electron chi connectivity index (χ2n) is 4.50. The van der Waals surface area contributed by atoms with Crippen molar-refractivity contribution in [1.82, 2.24) is 14.1 Å². The number of anilines is 1. The SMILES string of the molecule is Cc1nccn1CCn1ccc2ccc(N)cc21. The molecule has 18 heavy (non-hydrogen) atoms. The Morgan fingerprint density at radius 2 is 1.94 bits per heavy atom. The summed E-state index contributed by atoms with van der Waals surface area (Å²) in [6.45, 7) is 3.86. The van der Waals surface area contributed by atoms with Gasteiger partial charge in [-0.25, -0.2) is 4.98 Å². The van der Waals surface area contributed by atoms with Crippen LogP contribution in [0.4, 0.5) is 5.69 Å². The molecule has 0 radical (unpaired) electrons. The third-order valence-electron chi connectivity index (χ3n) is 3.30. The van der Waals surface area contributed by atoms with E-state index >= 15 is 0 Å². The van der Waals surface area contributed by atoms with Gasteiger partial charge >= 0.3 is 0 Å². The summed E-state index contributed by atoms with van der Waals surface area (Å²) in [7, 11) is 0. The fourth-order valence-corrected chi connectivity index (χ4v) is 2.25. The van der Waals surface area contributed by atoms with E-state index < -0.39 is 0 Å². The minimum Gasteiger partial charge on any atom is -0.399 e. The lowest BCUT2D eigenvalue weighted by Gasteiger charge is -2.08. The largest absolute Gasteiger partial charge is 0.399 e. The van der Waals surface area contributed by atoms with Gasteiger partial charge in [-0.3, -0.25) is 0 Å². The Morgan fingerprint density at radius 1 is 1.11 bits per heavy atom. The summed E-state index contributed by atoms with van der Waals surface area (Å²) in [4.78, 5) is 4.23. The maximum Gasteiger partial charge on any atom is 0.105 e. The number of imidazole rings is 1. The Kier molecular flexibility index (Phi) is 2.55. The van der Waals surface area contributed by atoms with Crippen molar-refractivity contribution in [2.45, 2.75) is 20.0 Å². The molecule has 0 bridgehead atoms. The zero-order valence-electron chi connectivity index (χ0n) is 10.4. The van der Waals surface area contributed by atoms with Crippen molar-refractivity contribution in [1.29, 1.82) is 0 Å². The summed E-state index contributed by atoms with van der Waals surface area (Å²) < 4.78 is 4.38. The smallest absolute Gasteiger partial charge is 0.105 e. The first-order valence-electron chi connectivity index (χ1n) is 6.06. The predicted octanol–water partition coefficient (Wildman–Crippen LogP) is 2.43. The number of hydrogen-bond acceptors (Lipinski definition) is 2. The number of fused-ring (bicyclic) bond motifs is 1. The zero-order valence-corrected chi connectivity index (χ0v) is 10.4. The number of hydrogen-bond donors (Lipinski definition) is 1. The molecule has 4 heteroatoms. The highest BCUT2D eigenvalue weighted by Gasteiger charge is 2.02. The molecular weight excluding hydrogens is 224 g/mol. The molecule has 0 aliphatic heterocycles. The molecule has 2 aromatic heterocycles. The van der Waals surface area contributed by atoms with E-state index in [0.29, 0.717) is 0 Å². The third kappa shape index (κ3) is 1.86. The fraction of sp³-hybridized carbons (Fsp3) is 0.214. The maximum absolute atomic E-state index is 5.84. The number of nitrogen functional groups attached to an aromatic ring is 1. The van der Waals surface area contributed by atoms with E-state index in [1.54, 1.807) is 0 Å². The van der Waals surface area contributed by atoms with Gasteiger partial charge in [0.1, 0.15) is 5.82 Å². The predicted molar refractivity (Wildman–Crippen MR) is 73.3 cm³/mol. The summed E-state index contributed by atoms with van der Waals surface area (Å²) in [6.07, 6.45) is 5.95. The zero-order chi connectivity index (χ0) is 12.5. The lowest BCUT2D eigenvalue weighted by atomic mass is 10.2. The van der Waals surface area contributed by atoms with E-state index in [4.69, 9.17) is 5.73 Å². The van der Waals surface area contributed by atoms with Crippen molar-refractivity contribution in [3.05, 3.63) is 48.7 Å². The molecule has 0 saturated carbocycles. The van der Waals surface area contributed by atoms with Crippen LogP contribution in [0, 0.1) is 6.92 Å². The minimum absolute atomic E-state index is 0.807. The Bertz CT molecular complexity index is 678. The first-order chi connectivity index (χ1) is 8.74. The molecule has 0 atom stereocenters. The van der Waals surface area contributed by atoms with Gasteiger partial charge in [0.15, 0.2) is 0 Å². The first-order valence-corrected chi connectivity index (χ1v) is 6.06. The van der Waals surface area contributed by atoms with Gasteiger partial charge in [0, 0.05) is 37.4 Å². The molecule has 4 nitrogen and oxygen atoms in total. The van der Waals surface area contributed by atoms with Gasteiger partial charge in [-0.05, 0) is 30.5 Å². The quantitative estimate of drug-likeness (QED) is 0.715. The van der Waals surface area contributed by atoms with Gasteiger partial charge in [0.25, 0.3) is 0 Å². The van der Waals surface area contributed by atoms with Gasteiger partial charge in [0.2, 0.25) is 0 Å². The Hall–Kier alpha value is -2.23. The normalized spacial score (nSPS) is 11.2. The highest BCUT2D eigenvalue weighted by atomic mass is 15.1. The standard InChI is InChI=1S/C14H16N4/c1-11-16-5-7-17(11)8-9-18-6-4-12-2-3-13(15)10-14(12)18/h2-7,10H,8-9,15H2,1H3. The van der Waals surface area contributed by atoms with Gasteiger partial charge in [-0.2, -0.15) is 0 Å². The molecule has 3 aromatic rings. The van der Waals surface area contributed by atoms with Crippen LogP contribution in [0.15, 0.2) is 42.9 Å². The van der Waals surface area contributed by atoms with Crippen molar-refractivity contribution < 1.29 is 0 Å². The molecule has 0 unspecified atom stereocenters. The number of benzene rings is 1. The molecule has 0 saturated heterocycles. The Balaban J connectivity index is 1.87. The average molecular weight is 240 g/mol. The Morgan fingerprint density at radius 3 is 2.72 bits per heavy atom. The Labute approximate surface area is 106 Å². The van der Waals surface area contributed by atoms with E-state index in [1.807, 2.05) is 31.5 Å². The molecule has 0 aliphatic rings. The van der Waals surface area contributed by atoms with Crippen LogP contribution in [-0.2, 0) is 13.1 Å². The minimum atomic E-state index is 0.807. The van der Waals surface area contributed by atoms with Gasteiger partial charge in [0.05, 0.1) is 5.52 Å². The summed E-state index contributed by atoms with van der Waals surface area (Å²) in [5, 5.41) is 1.23. The summed E-state index contributed by atoms with van der Waals surface area (Å²) in [6, 6.07) is 8.14. The molecule has 0 amide bonds. The van der Waals surface area contributed by atoms with Gasteiger partial charge < -0.3 is 14.9 Å². The lowest BCUT2D eigenvalue weighted by molar-refractivity contribution is 0.580. The summed E-state index contributed by atoms with van der Waals surface area (Å²) >= 11 is 0. The van der Waals surface area contributed by atoms with E-state index in [0.717, 1.165) is 24.6 Å². The van der Waals surface area contributed by atoms with Crippen molar-refractivity contribution in [2.75, 3.05) is 5.73 Å². The third-order valence-corrected chi connectivity index (χ3v) is 3.30. The van der Waals surface area contributed by atoms with Gasteiger partial charge in [-0.15, -0.1) is 0 Å². The monoisotopic (exact) mass is 240 g/mol. The molecule has 92 valence electrons. The molecule has 0 spiro atoms. The second-order valence-corrected chi connectivity index (χ2v) is 4.50. The van der Waals surface area contributed by atoms with E-state index in [9.17, 15) is 0 Å². The van der Waals surface area contributed by atoms with Crippen LogP contribution in [-0.4, -0.2) is 14.1 Å². The average Bonchev–Trinajstić information content (AvgIpc) is 2.93. The van der Waals surface area contributed by atoms with E-state index in [2.05, 4.69) is 32.4 Å². The second kappa shape index (κ2) is 4.22. The first kappa shape index (κ1) is 10.9. The molecule has 3 rings (SSSR count). The maximum atomic E-state index is 5.84. The van der Waals surface area contributed by atoms with Crippen molar-refractivity contribution in [3.63, 3.8) is 0 Å². The van der Waals surface area contributed by atoms with Crippen LogP contribution in [0.2, 0.25) is 0 Å². The molecule has 1 aromatic carbocycles. The number of aryl methyl sites for hydroxylation is 3. The van der Waals surface area contributed by atoms with Crippen LogP contribution in [0.1, 0.15) is 5.82 Å². The number of nitrogens with zero attached hydrogens (tertiary/aromatic N) is 3. The van der Waals surface area contributed by atoms with Crippen LogP contribution in [0.25, 0.3) is 10.9 Å². The number of nitrogens with two attached hydrogens (primary N) is 1. The molecule has 0 aliphatic carbocycles. The summed E-state index contributed by atoms with van der Waals surface area (Å²) in [5.41, 5.74) is 7.83. The highest BCUT2D eigenvalue weighted by molar-refractivity contribution is 5.83. The molecular formula is C14H16N4. The molecule has 0 fully saturated rings. The molecule has 2 N–H and O–H groups in total. The lowest BCUT2D eigenvalue weighted by Crippen LogP contribution is -2.07. The van der Waals surface area contributed by atoms with Crippen LogP contribution in [0.3, 0.4) is 0 Å². The van der Waals surface area contributed by atoms with Crippen molar-refractivity contribution in [2.24, 2.45) is 0 Å². The van der Waals surface area contributed by atoms with Crippen molar-refractivity contribution in [3.8, 4) is 0 Å². The van der Waals surface area contributed by atoms with Crippen LogP contribution >= 0.6 is 0 Å². The van der Waals surface area contributed by atoms with Crippen molar-refractivity contribution >= 4 is 16.6 Å². The highest BCUT2D eigenvalue weighted by Crippen LogP contribution is 2.18. The number of rotatable bonds is 3. The van der Waals surface area contributed by atoms with E-state index in [-0.39, 0.29) is 0 Å². The van der Waals surface area contributed by atoms with Crippen LogP contribution < -0.4 is 5.73 Å². The topological polar surface area (TPSA) is 48.8 Å².